The van der Waals surface area contributed by atoms with Crippen LogP contribution in [-0.4, -0.2) is 15.6 Å². The van der Waals surface area contributed by atoms with Crippen molar-refractivity contribution in [2.24, 2.45) is 0 Å². The molecule has 0 saturated carbocycles. The first-order valence-electron chi connectivity index (χ1n) is 7.56. The highest BCUT2D eigenvalue weighted by Gasteiger charge is 2.16. The number of aryl methyl sites for hydroxylation is 1. The van der Waals surface area contributed by atoms with Gasteiger partial charge in [0.2, 0.25) is 0 Å². The van der Waals surface area contributed by atoms with Gasteiger partial charge in [-0.1, -0.05) is 12.1 Å². The summed E-state index contributed by atoms with van der Waals surface area (Å²) >= 11 is 1.49. The van der Waals surface area contributed by atoms with Crippen LogP contribution in [0.4, 0.5) is 15.5 Å². The van der Waals surface area contributed by atoms with E-state index in [1.54, 1.807) is 0 Å². The summed E-state index contributed by atoms with van der Waals surface area (Å²) in [6.45, 7) is 1.04. The second kappa shape index (κ2) is 5.89. The summed E-state index contributed by atoms with van der Waals surface area (Å²) in [7, 11) is 0. The highest BCUT2D eigenvalue weighted by molar-refractivity contribution is 7.14. The van der Waals surface area contributed by atoms with Gasteiger partial charge in [-0.25, -0.2) is 9.78 Å². The molecule has 3 heterocycles. The summed E-state index contributed by atoms with van der Waals surface area (Å²) in [5.41, 5.74) is 3.03. The van der Waals surface area contributed by atoms with E-state index in [1.165, 1.54) is 17.8 Å². The number of aromatic nitrogens is 2. The lowest BCUT2D eigenvalue weighted by Crippen LogP contribution is -2.18. The quantitative estimate of drug-likeness (QED) is 0.758. The average Bonchev–Trinajstić information content (AvgIpc) is 3.25. The van der Waals surface area contributed by atoms with E-state index in [2.05, 4.69) is 20.2 Å². The zero-order chi connectivity index (χ0) is 15.6. The molecule has 2 amide bonds. The minimum absolute atomic E-state index is 0.231. The Labute approximate surface area is 138 Å². The van der Waals surface area contributed by atoms with Gasteiger partial charge < -0.3 is 9.88 Å². The Kier molecular flexibility index (Phi) is 3.59. The number of nitrogens with zero attached hydrogens (tertiary/aromatic N) is 2. The fraction of sp³-hybridized carbons (Fsp3) is 0.176. The van der Waals surface area contributed by atoms with Gasteiger partial charge in [0, 0.05) is 18.7 Å². The van der Waals surface area contributed by atoms with Gasteiger partial charge in [0.05, 0.1) is 16.9 Å². The molecular formula is C17H16N4OS. The zero-order valence-electron chi connectivity index (χ0n) is 12.5. The fourth-order valence-electron chi connectivity index (χ4n) is 2.84. The van der Waals surface area contributed by atoms with E-state index in [1.807, 2.05) is 48.0 Å². The lowest BCUT2D eigenvalue weighted by Gasteiger charge is -2.08. The molecule has 0 aliphatic carbocycles. The smallest absolute Gasteiger partial charge is 0.324 e. The largest absolute Gasteiger partial charge is 0.328 e. The van der Waals surface area contributed by atoms with Crippen molar-refractivity contribution in [1.82, 2.24) is 9.55 Å². The number of hydrogen-bond donors (Lipinski definition) is 2. The third kappa shape index (κ3) is 2.85. The van der Waals surface area contributed by atoms with Crippen LogP contribution in [0.15, 0.2) is 48.0 Å². The third-order valence-electron chi connectivity index (χ3n) is 3.92. The molecule has 0 fully saturated rings. The normalized spacial score (nSPS) is 12.9. The van der Waals surface area contributed by atoms with Crippen LogP contribution in [0.5, 0.6) is 0 Å². The van der Waals surface area contributed by atoms with Crippen molar-refractivity contribution >= 4 is 28.1 Å². The lowest BCUT2D eigenvalue weighted by molar-refractivity contribution is 0.262. The van der Waals surface area contributed by atoms with Crippen molar-refractivity contribution in [3.05, 3.63) is 53.8 Å². The van der Waals surface area contributed by atoms with Crippen LogP contribution in [0.2, 0.25) is 0 Å². The Morgan fingerprint density at radius 1 is 1.17 bits per heavy atom. The molecule has 0 atom stereocenters. The van der Waals surface area contributed by atoms with Crippen molar-refractivity contribution in [2.45, 2.75) is 19.4 Å². The average molecular weight is 324 g/mol. The molecular weight excluding hydrogens is 308 g/mol. The van der Waals surface area contributed by atoms with Gasteiger partial charge >= 0.3 is 6.03 Å². The molecule has 1 aliphatic heterocycles. The van der Waals surface area contributed by atoms with Crippen molar-refractivity contribution in [2.75, 3.05) is 10.6 Å². The predicted molar refractivity (Wildman–Crippen MR) is 92.9 cm³/mol. The molecule has 3 aromatic rings. The number of hydrogen-bond acceptors (Lipinski definition) is 3. The Hall–Kier alpha value is -2.60. The monoisotopic (exact) mass is 324 g/mol. The summed E-state index contributed by atoms with van der Waals surface area (Å²) in [6.07, 6.45) is 4.15. The minimum atomic E-state index is -0.231. The third-order valence-corrected chi connectivity index (χ3v) is 4.70. The summed E-state index contributed by atoms with van der Waals surface area (Å²) in [5, 5.41) is 8.39. The van der Waals surface area contributed by atoms with Crippen LogP contribution >= 0.6 is 11.3 Å². The molecule has 0 spiro atoms. The lowest BCUT2D eigenvalue weighted by atomic mass is 10.1. The highest BCUT2D eigenvalue weighted by Crippen LogP contribution is 2.26. The predicted octanol–water partition coefficient (Wildman–Crippen LogP) is 4.20. The van der Waals surface area contributed by atoms with Crippen LogP contribution in [0.1, 0.15) is 12.2 Å². The maximum absolute atomic E-state index is 11.9. The number of carbonyl (C=O) groups excluding carboxylic acids is 1. The molecule has 2 aromatic heterocycles. The number of nitrogens with one attached hydrogen (secondary N) is 2. The van der Waals surface area contributed by atoms with Gasteiger partial charge in [-0.3, -0.25) is 5.32 Å². The number of anilines is 2. The van der Waals surface area contributed by atoms with Crippen molar-refractivity contribution in [3.63, 3.8) is 0 Å². The van der Waals surface area contributed by atoms with Crippen LogP contribution in [0, 0.1) is 0 Å². The molecule has 2 N–H and O–H groups in total. The van der Waals surface area contributed by atoms with Crippen LogP contribution in [0.25, 0.3) is 11.3 Å². The number of carbonyl (C=O) groups is 1. The molecule has 4 rings (SSSR count). The molecule has 116 valence electrons. The molecule has 1 aromatic carbocycles. The van der Waals surface area contributed by atoms with Crippen LogP contribution < -0.4 is 10.6 Å². The highest BCUT2D eigenvalue weighted by atomic mass is 32.1. The second-order valence-electron chi connectivity index (χ2n) is 5.45. The van der Waals surface area contributed by atoms with Gasteiger partial charge in [0.1, 0.15) is 5.82 Å². The van der Waals surface area contributed by atoms with Gasteiger partial charge in [-0.2, -0.15) is 0 Å². The molecule has 0 unspecified atom stereocenters. The van der Waals surface area contributed by atoms with E-state index < -0.39 is 0 Å². The minimum Gasteiger partial charge on any atom is -0.328 e. The van der Waals surface area contributed by atoms with Crippen molar-refractivity contribution in [3.8, 4) is 11.3 Å². The summed E-state index contributed by atoms with van der Waals surface area (Å²) in [4.78, 5) is 16.4. The number of benzene rings is 1. The van der Waals surface area contributed by atoms with Crippen molar-refractivity contribution < 1.29 is 4.79 Å². The number of rotatable bonds is 3. The first-order chi connectivity index (χ1) is 11.3. The summed E-state index contributed by atoms with van der Waals surface area (Å²) in [6, 6.07) is 11.4. The SMILES string of the molecule is O=C(Nc1ccc(-c2cnc3n2CCC3)cc1)Nc1cccs1. The van der Waals surface area contributed by atoms with E-state index in [-0.39, 0.29) is 6.03 Å². The van der Waals surface area contributed by atoms with Gasteiger partial charge in [0.15, 0.2) is 0 Å². The Balaban J connectivity index is 1.46. The molecule has 6 heteroatoms. The first-order valence-corrected chi connectivity index (χ1v) is 8.44. The molecule has 0 bridgehead atoms. The Morgan fingerprint density at radius 2 is 2.04 bits per heavy atom. The summed E-state index contributed by atoms with van der Waals surface area (Å²) in [5.74, 6) is 1.16. The second-order valence-corrected chi connectivity index (χ2v) is 6.40. The van der Waals surface area contributed by atoms with E-state index >= 15 is 0 Å². The standard InChI is InChI=1S/C17H16N4OS/c22-17(20-16-4-2-10-23-16)19-13-7-5-12(6-8-13)14-11-18-15-3-1-9-21(14)15/h2,4-8,10-11H,1,3,9H2,(H2,19,20,22). The molecule has 1 aliphatic rings. The van der Waals surface area contributed by atoms with E-state index in [4.69, 9.17) is 0 Å². The molecule has 23 heavy (non-hydrogen) atoms. The molecule has 5 nitrogen and oxygen atoms in total. The topological polar surface area (TPSA) is 59.0 Å². The van der Waals surface area contributed by atoms with Gasteiger partial charge in [0.25, 0.3) is 0 Å². The maximum atomic E-state index is 11.9. The zero-order valence-corrected chi connectivity index (χ0v) is 13.3. The summed E-state index contributed by atoms with van der Waals surface area (Å²) < 4.78 is 2.27. The van der Waals surface area contributed by atoms with Gasteiger partial charge in [-0.05, 0) is 41.6 Å². The number of imidazole rings is 1. The fourth-order valence-corrected chi connectivity index (χ4v) is 3.45. The van der Waals surface area contributed by atoms with Gasteiger partial charge in [-0.15, -0.1) is 11.3 Å². The van der Waals surface area contributed by atoms with Crippen LogP contribution in [0.3, 0.4) is 0 Å². The Bertz CT molecular complexity index is 821. The van der Waals surface area contributed by atoms with E-state index in [9.17, 15) is 4.79 Å². The van der Waals surface area contributed by atoms with Crippen molar-refractivity contribution in [1.29, 1.82) is 0 Å². The molecule has 0 radical (unpaired) electrons. The van der Waals surface area contributed by atoms with E-state index in [0.29, 0.717) is 0 Å². The maximum Gasteiger partial charge on any atom is 0.324 e. The number of thiophene rings is 1. The van der Waals surface area contributed by atoms with E-state index in [0.717, 1.165) is 40.7 Å². The van der Waals surface area contributed by atoms with Crippen LogP contribution in [-0.2, 0) is 13.0 Å². The first kappa shape index (κ1) is 14.0. The number of amides is 2. The molecule has 0 saturated heterocycles. The Morgan fingerprint density at radius 3 is 2.83 bits per heavy atom. The number of fused-ring (bicyclic) bond motifs is 1. The number of urea groups is 1.